The first-order valence-corrected chi connectivity index (χ1v) is 8.53. The van der Waals surface area contributed by atoms with Crippen molar-refractivity contribution >= 4 is 0 Å². The van der Waals surface area contributed by atoms with Crippen LogP contribution in [0, 0.1) is 5.92 Å². The van der Waals surface area contributed by atoms with Gasteiger partial charge in [0.2, 0.25) is 0 Å². The van der Waals surface area contributed by atoms with Gasteiger partial charge in [-0.25, -0.2) is 0 Å². The average Bonchev–Trinajstić information content (AvgIpc) is 2.44. The van der Waals surface area contributed by atoms with Gasteiger partial charge in [-0.15, -0.1) is 0 Å². The highest BCUT2D eigenvalue weighted by atomic mass is 14.4. The molecule has 0 spiro atoms. The number of fused-ring (bicyclic) bond motifs is 2. The molecule has 20 heavy (non-hydrogen) atoms. The largest absolute Gasteiger partial charge is 0.0617 e. The topological polar surface area (TPSA) is 0 Å². The van der Waals surface area contributed by atoms with E-state index in [0.717, 1.165) is 5.92 Å². The zero-order valence-electron chi connectivity index (χ0n) is 13.8. The standard InChI is InChI=1S/C20H30/c1-19(2)13-6-7-15-10-11-16-17(19)8-5-9-18(16)20(3,4)14-12-15/h5,8-9,15H,6-7,10-14H2,1-4H3. The van der Waals surface area contributed by atoms with E-state index in [9.17, 15) is 0 Å². The predicted molar refractivity (Wildman–Crippen MR) is 87.4 cm³/mol. The molecule has 110 valence electrons. The highest BCUT2D eigenvalue weighted by molar-refractivity contribution is 5.43. The Morgan fingerprint density at radius 1 is 0.850 bits per heavy atom. The lowest BCUT2D eigenvalue weighted by Gasteiger charge is -2.35. The van der Waals surface area contributed by atoms with Gasteiger partial charge in [0.25, 0.3) is 0 Å². The third kappa shape index (κ3) is 2.43. The number of hydrogen-bond donors (Lipinski definition) is 0. The Kier molecular flexibility index (Phi) is 3.47. The van der Waals surface area contributed by atoms with Crippen LogP contribution >= 0.6 is 0 Å². The number of benzene rings is 1. The van der Waals surface area contributed by atoms with Gasteiger partial charge >= 0.3 is 0 Å². The molecule has 0 amide bonds. The Morgan fingerprint density at radius 3 is 2.20 bits per heavy atom. The van der Waals surface area contributed by atoms with Crippen LogP contribution in [0.4, 0.5) is 0 Å². The molecule has 0 fully saturated rings. The Labute approximate surface area is 125 Å². The van der Waals surface area contributed by atoms with Gasteiger partial charge in [-0.3, -0.25) is 0 Å². The van der Waals surface area contributed by atoms with Crippen molar-refractivity contribution in [2.45, 2.75) is 83.5 Å². The number of hydrogen-bond acceptors (Lipinski definition) is 0. The molecule has 0 nitrogen and oxygen atoms in total. The lowest BCUT2D eigenvalue weighted by molar-refractivity contribution is 0.328. The SMILES string of the molecule is CC1(C)CCCC2CCc3c1cccc3C(C)(C)CC2. The van der Waals surface area contributed by atoms with Crippen LogP contribution in [-0.4, -0.2) is 0 Å². The molecule has 0 radical (unpaired) electrons. The summed E-state index contributed by atoms with van der Waals surface area (Å²) in [6.45, 7) is 9.84. The van der Waals surface area contributed by atoms with Gasteiger partial charge in [-0.1, -0.05) is 58.7 Å². The van der Waals surface area contributed by atoms with Crippen LogP contribution in [-0.2, 0) is 17.3 Å². The Bertz CT molecular complexity index is 491. The molecule has 1 atom stereocenters. The zero-order chi connectivity index (χ0) is 14.4. The Morgan fingerprint density at radius 2 is 1.50 bits per heavy atom. The lowest BCUT2D eigenvalue weighted by Crippen LogP contribution is -2.26. The lowest BCUT2D eigenvalue weighted by atomic mass is 9.69. The Hall–Kier alpha value is -0.780. The molecule has 0 aromatic heterocycles. The summed E-state index contributed by atoms with van der Waals surface area (Å²) in [5.41, 5.74) is 5.69. The first-order chi connectivity index (χ1) is 9.40. The van der Waals surface area contributed by atoms with E-state index in [0.29, 0.717) is 10.8 Å². The van der Waals surface area contributed by atoms with Gasteiger partial charge in [0.15, 0.2) is 0 Å². The Balaban J connectivity index is 2.20. The second kappa shape index (κ2) is 4.90. The van der Waals surface area contributed by atoms with Crippen LogP contribution in [0.3, 0.4) is 0 Å². The van der Waals surface area contributed by atoms with Crippen LogP contribution in [0.5, 0.6) is 0 Å². The molecule has 2 aliphatic carbocycles. The smallest absolute Gasteiger partial charge is 0.0101 e. The molecule has 2 bridgehead atoms. The molecule has 3 rings (SSSR count). The molecular weight excluding hydrogens is 240 g/mol. The summed E-state index contributed by atoms with van der Waals surface area (Å²) in [5.74, 6) is 0.962. The van der Waals surface area contributed by atoms with Crippen molar-refractivity contribution in [1.29, 1.82) is 0 Å². The maximum absolute atomic E-state index is 2.46. The van der Waals surface area contributed by atoms with Gasteiger partial charge < -0.3 is 0 Å². The fourth-order valence-corrected chi connectivity index (χ4v) is 4.57. The van der Waals surface area contributed by atoms with E-state index in [-0.39, 0.29) is 0 Å². The van der Waals surface area contributed by atoms with Crippen LogP contribution in [0.2, 0.25) is 0 Å². The van der Waals surface area contributed by atoms with E-state index in [1.54, 1.807) is 16.7 Å². The van der Waals surface area contributed by atoms with E-state index in [1.165, 1.54) is 44.9 Å². The predicted octanol–water partition coefficient (Wildman–Crippen LogP) is 5.77. The average molecular weight is 270 g/mol. The molecule has 1 aromatic carbocycles. The molecule has 1 aromatic rings. The molecule has 0 heteroatoms. The molecule has 0 saturated carbocycles. The van der Waals surface area contributed by atoms with E-state index in [2.05, 4.69) is 45.9 Å². The van der Waals surface area contributed by atoms with E-state index in [1.807, 2.05) is 0 Å². The molecule has 1 unspecified atom stereocenters. The second-order valence-electron chi connectivity index (χ2n) is 8.44. The summed E-state index contributed by atoms with van der Waals surface area (Å²) < 4.78 is 0. The van der Waals surface area contributed by atoms with Gasteiger partial charge in [0, 0.05) is 0 Å². The summed E-state index contributed by atoms with van der Waals surface area (Å²) in [4.78, 5) is 0. The van der Waals surface area contributed by atoms with Crippen molar-refractivity contribution in [2.75, 3.05) is 0 Å². The third-order valence-corrected chi connectivity index (χ3v) is 6.03. The van der Waals surface area contributed by atoms with Crippen LogP contribution in [0.25, 0.3) is 0 Å². The highest BCUT2D eigenvalue weighted by Gasteiger charge is 2.33. The summed E-state index contributed by atoms with van der Waals surface area (Å²) in [7, 11) is 0. The number of rotatable bonds is 0. The normalized spacial score (nSPS) is 27.9. The summed E-state index contributed by atoms with van der Waals surface area (Å²) in [5, 5.41) is 0. The van der Waals surface area contributed by atoms with E-state index in [4.69, 9.17) is 0 Å². The quantitative estimate of drug-likeness (QED) is 0.561. The van der Waals surface area contributed by atoms with Crippen molar-refractivity contribution in [1.82, 2.24) is 0 Å². The molecule has 0 saturated heterocycles. The van der Waals surface area contributed by atoms with Gasteiger partial charge in [-0.05, 0) is 65.5 Å². The van der Waals surface area contributed by atoms with Gasteiger partial charge in [-0.2, -0.15) is 0 Å². The summed E-state index contributed by atoms with van der Waals surface area (Å²) in [6.07, 6.45) is 9.70. The van der Waals surface area contributed by atoms with E-state index >= 15 is 0 Å². The van der Waals surface area contributed by atoms with Crippen molar-refractivity contribution < 1.29 is 0 Å². The van der Waals surface area contributed by atoms with Crippen molar-refractivity contribution in [3.63, 3.8) is 0 Å². The summed E-state index contributed by atoms with van der Waals surface area (Å²) >= 11 is 0. The minimum atomic E-state index is 0.348. The molecule has 2 aliphatic rings. The van der Waals surface area contributed by atoms with Crippen LogP contribution in [0.15, 0.2) is 18.2 Å². The fourth-order valence-electron chi connectivity index (χ4n) is 4.57. The summed E-state index contributed by atoms with van der Waals surface area (Å²) in [6, 6.07) is 7.14. The molecule has 0 N–H and O–H groups in total. The second-order valence-corrected chi connectivity index (χ2v) is 8.44. The monoisotopic (exact) mass is 270 g/mol. The first-order valence-electron chi connectivity index (χ1n) is 8.53. The minimum absolute atomic E-state index is 0.348. The van der Waals surface area contributed by atoms with Gasteiger partial charge in [0.1, 0.15) is 0 Å². The first kappa shape index (κ1) is 14.2. The molecule has 0 heterocycles. The molecular formula is C20H30. The highest BCUT2D eigenvalue weighted by Crippen LogP contribution is 2.44. The molecule has 0 aliphatic heterocycles. The van der Waals surface area contributed by atoms with Crippen LogP contribution in [0.1, 0.15) is 82.9 Å². The fraction of sp³-hybridized carbons (Fsp3) is 0.700. The zero-order valence-corrected chi connectivity index (χ0v) is 13.8. The van der Waals surface area contributed by atoms with Crippen LogP contribution < -0.4 is 0 Å². The minimum Gasteiger partial charge on any atom is -0.0617 e. The van der Waals surface area contributed by atoms with Crippen molar-refractivity contribution in [3.8, 4) is 0 Å². The maximum Gasteiger partial charge on any atom is -0.0101 e. The van der Waals surface area contributed by atoms with Crippen molar-refractivity contribution in [2.24, 2.45) is 5.92 Å². The van der Waals surface area contributed by atoms with Gasteiger partial charge in [0.05, 0.1) is 0 Å². The maximum atomic E-state index is 2.46. The van der Waals surface area contributed by atoms with E-state index < -0.39 is 0 Å². The van der Waals surface area contributed by atoms with Crippen molar-refractivity contribution in [3.05, 3.63) is 34.9 Å². The third-order valence-electron chi connectivity index (χ3n) is 6.03.